The summed E-state index contributed by atoms with van der Waals surface area (Å²) in [6.07, 6.45) is -4.77. The van der Waals surface area contributed by atoms with E-state index < -0.39 is 33.5 Å². The molecule has 0 amide bonds. The molecule has 144 valence electrons. The van der Waals surface area contributed by atoms with Crippen LogP contribution in [0.5, 0.6) is 0 Å². The molecule has 1 atom stereocenters. The van der Waals surface area contributed by atoms with Crippen LogP contribution in [0.2, 0.25) is 0 Å². The lowest BCUT2D eigenvalue weighted by atomic mass is 9.90. The monoisotopic (exact) mass is 383 g/mol. The van der Waals surface area contributed by atoms with Crippen molar-refractivity contribution in [3.63, 3.8) is 0 Å². The zero-order chi connectivity index (χ0) is 19.3. The van der Waals surface area contributed by atoms with Gasteiger partial charge in [-0.15, -0.1) is 0 Å². The largest absolute Gasteiger partial charge is 0.416 e. The molecule has 1 unspecified atom stereocenters. The number of ether oxygens (including phenoxy) is 1. The topological polar surface area (TPSA) is 64.6 Å². The van der Waals surface area contributed by atoms with E-state index in [2.05, 4.69) is 9.50 Å². The Morgan fingerprint density at radius 1 is 1.20 bits per heavy atom. The number of benzene rings is 1. The van der Waals surface area contributed by atoms with Crippen LogP contribution in [-0.4, -0.2) is 40.5 Å². The van der Waals surface area contributed by atoms with Crippen LogP contribution in [0.15, 0.2) is 24.3 Å². The summed E-state index contributed by atoms with van der Waals surface area (Å²) >= 11 is 0. The van der Waals surface area contributed by atoms with E-state index in [1.807, 2.05) is 0 Å². The normalized spacial score (nSPS) is 14.5. The van der Waals surface area contributed by atoms with Crippen LogP contribution in [0.25, 0.3) is 0 Å². The smallest absolute Gasteiger partial charge is 0.375 e. The molecule has 0 radical (unpaired) electrons. The third-order valence-electron chi connectivity index (χ3n) is 3.81. The van der Waals surface area contributed by atoms with Gasteiger partial charge in [0, 0.05) is 12.6 Å². The van der Waals surface area contributed by atoms with Crippen molar-refractivity contribution < 1.29 is 30.5 Å². The average molecular weight is 383 g/mol. The molecule has 0 saturated carbocycles. The molecule has 0 heterocycles. The summed E-state index contributed by atoms with van der Waals surface area (Å²) in [4.78, 5) is 0. The van der Waals surface area contributed by atoms with E-state index in [1.165, 1.54) is 13.2 Å². The van der Waals surface area contributed by atoms with Crippen molar-refractivity contribution in [3.8, 4) is 0 Å². The number of hydrogen-bond acceptors (Lipinski definition) is 5. The fourth-order valence-corrected chi connectivity index (χ4v) is 3.23. The van der Waals surface area contributed by atoms with Gasteiger partial charge in [-0.1, -0.05) is 12.1 Å². The van der Waals surface area contributed by atoms with Crippen molar-refractivity contribution in [2.24, 2.45) is 0 Å². The molecule has 0 saturated heterocycles. The molecule has 0 spiro atoms. The van der Waals surface area contributed by atoms with Crippen molar-refractivity contribution in [1.29, 1.82) is 0 Å². The molecule has 0 aliphatic heterocycles. The van der Waals surface area contributed by atoms with E-state index in [0.29, 0.717) is 18.5 Å². The maximum Gasteiger partial charge on any atom is 0.416 e. The molecule has 5 nitrogen and oxygen atoms in total. The number of methoxy groups -OCH3 is 1. The van der Waals surface area contributed by atoms with Crippen LogP contribution in [0.4, 0.5) is 13.2 Å². The number of hydrogen-bond donors (Lipinski definition) is 1. The van der Waals surface area contributed by atoms with Gasteiger partial charge >= 0.3 is 6.18 Å². The van der Waals surface area contributed by atoms with Crippen molar-refractivity contribution in [1.82, 2.24) is 5.32 Å². The first-order valence-corrected chi connectivity index (χ1v) is 9.24. The Morgan fingerprint density at radius 2 is 1.84 bits per heavy atom. The van der Waals surface area contributed by atoms with Gasteiger partial charge in [0.2, 0.25) is 0 Å². The van der Waals surface area contributed by atoms with Gasteiger partial charge in [-0.2, -0.15) is 21.6 Å². The molecular weight excluding hydrogens is 359 g/mol. The summed E-state index contributed by atoms with van der Waals surface area (Å²) in [7, 11) is -1.01. The van der Waals surface area contributed by atoms with Crippen LogP contribution in [-0.2, 0) is 25.2 Å². The van der Waals surface area contributed by atoms with Crippen LogP contribution in [0, 0.1) is 0 Å². The van der Waals surface area contributed by atoms with Crippen molar-refractivity contribution in [2.75, 3.05) is 26.5 Å². The first-order chi connectivity index (χ1) is 11.4. The highest BCUT2D eigenvalue weighted by Gasteiger charge is 2.34. The highest BCUT2D eigenvalue weighted by atomic mass is 32.2. The first kappa shape index (κ1) is 21.9. The Bertz CT molecular complexity index is 660. The van der Waals surface area contributed by atoms with E-state index in [9.17, 15) is 21.6 Å². The quantitative estimate of drug-likeness (QED) is 0.524. The number of halogens is 3. The van der Waals surface area contributed by atoms with Gasteiger partial charge in [0.15, 0.2) is 0 Å². The summed E-state index contributed by atoms with van der Waals surface area (Å²) < 4.78 is 71.1. The molecule has 25 heavy (non-hydrogen) atoms. The van der Waals surface area contributed by atoms with Crippen LogP contribution >= 0.6 is 0 Å². The highest BCUT2D eigenvalue weighted by Crippen LogP contribution is 2.34. The van der Waals surface area contributed by atoms with Crippen LogP contribution in [0.1, 0.15) is 37.5 Å². The second-order valence-electron chi connectivity index (χ2n) is 6.17. The minimum Gasteiger partial charge on any atom is -0.375 e. The minimum atomic E-state index is -4.43. The summed E-state index contributed by atoms with van der Waals surface area (Å²) in [5, 5.41) is 3.14. The van der Waals surface area contributed by atoms with E-state index in [1.54, 1.807) is 19.9 Å². The molecule has 0 bridgehead atoms. The van der Waals surface area contributed by atoms with Crippen LogP contribution in [0.3, 0.4) is 0 Å². The molecule has 1 aromatic rings. The highest BCUT2D eigenvalue weighted by molar-refractivity contribution is 7.86. The molecule has 1 aromatic carbocycles. The van der Waals surface area contributed by atoms with Gasteiger partial charge in [0.1, 0.15) is 0 Å². The standard InChI is InChI=1S/C16H24F3NO4S/c1-15(2,20-9-6-10-25(21,22)24-4)14(23-3)12-7-5-8-13(11-12)16(17,18)19/h5,7-8,11,14,20H,6,9-10H2,1-4H3. The Morgan fingerprint density at radius 3 is 2.36 bits per heavy atom. The van der Waals surface area contributed by atoms with Crippen LogP contribution < -0.4 is 5.32 Å². The zero-order valence-corrected chi connectivity index (χ0v) is 15.5. The van der Waals surface area contributed by atoms with E-state index in [0.717, 1.165) is 19.2 Å². The van der Waals surface area contributed by atoms with E-state index in [4.69, 9.17) is 4.74 Å². The second-order valence-corrected chi connectivity index (χ2v) is 8.03. The summed E-state index contributed by atoms with van der Waals surface area (Å²) in [5.74, 6) is -0.145. The molecule has 0 aliphatic carbocycles. The molecule has 0 aliphatic rings. The Balaban J connectivity index is 2.83. The van der Waals surface area contributed by atoms with Gasteiger partial charge in [0.25, 0.3) is 10.1 Å². The lowest BCUT2D eigenvalue weighted by Crippen LogP contribution is -2.46. The summed E-state index contributed by atoms with van der Waals surface area (Å²) in [6, 6.07) is 4.98. The lowest BCUT2D eigenvalue weighted by Gasteiger charge is -2.35. The predicted molar refractivity (Wildman–Crippen MR) is 88.7 cm³/mol. The van der Waals surface area contributed by atoms with Gasteiger partial charge in [-0.05, 0) is 44.5 Å². The van der Waals surface area contributed by atoms with Gasteiger partial charge in [0.05, 0.1) is 24.5 Å². The zero-order valence-electron chi connectivity index (χ0n) is 14.7. The van der Waals surface area contributed by atoms with Crippen molar-refractivity contribution >= 4 is 10.1 Å². The summed E-state index contributed by atoms with van der Waals surface area (Å²) in [6.45, 7) is 3.91. The molecule has 0 fully saturated rings. The molecule has 1 rings (SSSR count). The van der Waals surface area contributed by atoms with Crippen molar-refractivity contribution in [2.45, 2.75) is 38.1 Å². The Labute approximate surface area is 146 Å². The number of alkyl halides is 3. The van der Waals surface area contributed by atoms with Gasteiger partial charge in [-0.25, -0.2) is 0 Å². The number of rotatable bonds is 9. The Hall–Kier alpha value is -1.16. The number of nitrogens with one attached hydrogen (secondary N) is 1. The summed E-state index contributed by atoms with van der Waals surface area (Å²) in [5.41, 5.74) is -1.07. The second kappa shape index (κ2) is 8.48. The minimum absolute atomic E-state index is 0.145. The third-order valence-corrected chi connectivity index (χ3v) is 5.11. The van der Waals surface area contributed by atoms with Gasteiger partial charge < -0.3 is 10.1 Å². The molecule has 0 aromatic heterocycles. The fraction of sp³-hybridized carbons (Fsp3) is 0.625. The molecular formula is C16H24F3NO4S. The predicted octanol–water partition coefficient (Wildman–Crippen LogP) is 3.13. The van der Waals surface area contributed by atoms with Gasteiger partial charge in [-0.3, -0.25) is 4.18 Å². The maximum atomic E-state index is 12.9. The average Bonchev–Trinajstić information content (AvgIpc) is 2.51. The van der Waals surface area contributed by atoms with E-state index >= 15 is 0 Å². The third kappa shape index (κ3) is 6.58. The van der Waals surface area contributed by atoms with Crippen molar-refractivity contribution in [3.05, 3.63) is 35.4 Å². The molecule has 1 N–H and O–H groups in total. The van der Waals surface area contributed by atoms with E-state index in [-0.39, 0.29) is 5.75 Å². The molecule has 9 heteroatoms. The Kier molecular flexibility index (Phi) is 7.42. The maximum absolute atomic E-state index is 12.9. The SMILES string of the molecule is COC(c1cccc(C(F)(F)F)c1)C(C)(C)NCCCS(=O)(=O)OC. The lowest BCUT2D eigenvalue weighted by molar-refractivity contribution is -0.137. The first-order valence-electron chi connectivity index (χ1n) is 7.66. The fourth-order valence-electron chi connectivity index (χ4n) is 2.56.